The van der Waals surface area contributed by atoms with Crippen LogP contribution in [0.5, 0.6) is 0 Å². The molecule has 1 heterocycles. The molecule has 0 aliphatic carbocycles. The Hall–Kier alpha value is -0.640. The van der Waals surface area contributed by atoms with E-state index in [0.29, 0.717) is 11.6 Å². The fourth-order valence-corrected chi connectivity index (χ4v) is 3.24. The van der Waals surface area contributed by atoms with Crippen molar-refractivity contribution in [3.05, 3.63) is 34.6 Å². The number of morpholine rings is 1. The molecule has 1 aromatic rings. The van der Waals surface area contributed by atoms with Crippen LogP contribution < -0.4 is 10.6 Å². The summed E-state index contributed by atoms with van der Waals surface area (Å²) in [6.07, 6.45) is 0. The minimum atomic E-state index is -0.321. The minimum absolute atomic E-state index is 0. The lowest BCUT2D eigenvalue weighted by atomic mass is 9.84. The molecule has 0 aromatic heterocycles. The van der Waals surface area contributed by atoms with Crippen LogP contribution in [0.25, 0.3) is 0 Å². The number of halogens is 3. The van der Waals surface area contributed by atoms with Crippen LogP contribution in [-0.4, -0.2) is 63.8 Å². The van der Waals surface area contributed by atoms with Gasteiger partial charge in [-0.1, -0.05) is 31.5 Å². The van der Waals surface area contributed by atoms with Gasteiger partial charge in [-0.05, 0) is 17.7 Å². The molecule has 1 aromatic carbocycles. The molecule has 1 saturated heterocycles. The molecule has 0 spiro atoms. The Labute approximate surface area is 177 Å². The predicted octanol–water partition coefficient (Wildman–Crippen LogP) is 2.87. The van der Waals surface area contributed by atoms with Crippen LogP contribution in [0, 0.1) is 5.82 Å². The van der Waals surface area contributed by atoms with Gasteiger partial charge in [0.05, 0.1) is 13.2 Å². The van der Waals surface area contributed by atoms with Crippen LogP contribution in [0.3, 0.4) is 0 Å². The summed E-state index contributed by atoms with van der Waals surface area (Å²) in [6, 6.07) is 4.54. The fourth-order valence-electron chi connectivity index (χ4n) is 2.82. The quantitative estimate of drug-likeness (QED) is 0.360. The van der Waals surface area contributed by atoms with Crippen molar-refractivity contribution in [2.45, 2.75) is 19.3 Å². The van der Waals surface area contributed by atoms with Gasteiger partial charge in [0.2, 0.25) is 0 Å². The molecular weight excluding hydrogens is 470 g/mol. The van der Waals surface area contributed by atoms with Crippen molar-refractivity contribution in [1.29, 1.82) is 0 Å². The topological polar surface area (TPSA) is 48.9 Å². The van der Waals surface area contributed by atoms with Gasteiger partial charge in [-0.25, -0.2) is 4.39 Å². The summed E-state index contributed by atoms with van der Waals surface area (Å²) in [7, 11) is 1.75. The average Bonchev–Trinajstić information content (AvgIpc) is 2.58. The molecule has 2 rings (SSSR count). The molecule has 0 saturated carbocycles. The molecule has 1 fully saturated rings. The van der Waals surface area contributed by atoms with Gasteiger partial charge in [0.15, 0.2) is 5.96 Å². The monoisotopic (exact) mass is 498 g/mol. The van der Waals surface area contributed by atoms with E-state index < -0.39 is 0 Å². The van der Waals surface area contributed by atoms with Crippen molar-refractivity contribution in [3.8, 4) is 0 Å². The summed E-state index contributed by atoms with van der Waals surface area (Å²) in [5, 5.41) is 7.11. The second-order valence-electron chi connectivity index (χ2n) is 6.81. The van der Waals surface area contributed by atoms with Gasteiger partial charge in [0, 0.05) is 50.2 Å². The summed E-state index contributed by atoms with van der Waals surface area (Å²) >= 11 is 6.20. The average molecular weight is 499 g/mol. The number of aliphatic imine (C=N–C) groups is 1. The Morgan fingerprint density at radius 2 is 2.00 bits per heavy atom. The van der Waals surface area contributed by atoms with Gasteiger partial charge in [0.25, 0.3) is 0 Å². The van der Waals surface area contributed by atoms with Crippen molar-refractivity contribution in [3.63, 3.8) is 0 Å². The summed E-state index contributed by atoms with van der Waals surface area (Å²) in [5.74, 6) is 0.428. The first-order chi connectivity index (χ1) is 11.9. The molecule has 0 bridgehead atoms. The molecule has 5 nitrogen and oxygen atoms in total. The number of nitrogens with one attached hydrogen (secondary N) is 2. The zero-order valence-corrected chi connectivity index (χ0v) is 18.7. The number of guanidine groups is 1. The van der Waals surface area contributed by atoms with E-state index in [1.807, 2.05) is 0 Å². The molecule has 1 aliphatic heterocycles. The van der Waals surface area contributed by atoms with Crippen LogP contribution in [0.1, 0.15) is 19.4 Å². The number of hydrogen-bond acceptors (Lipinski definition) is 3. The maximum Gasteiger partial charge on any atom is 0.191 e. The van der Waals surface area contributed by atoms with Crippen molar-refractivity contribution < 1.29 is 9.13 Å². The maximum atomic E-state index is 13.3. The molecule has 0 amide bonds. The van der Waals surface area contributed by atoms with E-state index in [1.54, 1.807) is 13.1 Å². The highest BCUT2D eigenvalue weighted by Gasteiger charge is 2.24. The lowest BCUT2D eigenvalue weighted by Gasteiger charge is -2.29. The van der Waals surface area contributed by atoms with Crippen LogP contribution in [0.4, 0.5) is 4.39 Å². The number of ether oxygens (including phenoxy) is 1. The largest absolute Gasteiger partial charge is 0.379 e. The van der Waals surface area contributed by atoms with Gasteiger partial charge in [-0.15, -0.1) is 24.0 Å². The summed E-state index contributed by atoms with van der Waals surface area (Å²) in [5.41, 5.74) is 0.652. The SMILES string of the molecule is CN=C(NCCN1CCOCC1)NCC(C)(C)c1ccc(F)cc1Cl.I. The van der Waals surface area contributed by atoms with Crippen LogP contribution in [0.2, 0.25) is 5.02 Å². The third-order valence-corrected chi connectivity index (χ3v) is 4.72. The van der Waals surface area contributed by atoms with Gasteiger partial charge >= 0.3 is 0 Å². The lowest BCUT2D eigenvalue weighted by molar-refractivity contribution is 0.0389. The minimum Gasteiger partial charge on any atom is -0.379 e. The first kappa shape index (κ1) is 23.4. The Morgan fingerprint density at radius 3 is 2.62 bits per heavy atom. The molecule has 1 aliphatic rings. The maximum absolute atomic E-state index is 13.3. The smallest absolute Gasteiger partial charge is 0.191 e. The van der Waals surface area contributed by atoms with Gasteiger partial charge in [-0.2, -0.15) is 0 Å². The Balaban J connectivity index is 0.00000338. The highest BCUT2D eigenvalue weighted by molar-refractivity contribution is 14.0. The Kier molecular flexibility index (Phi) is 10.1. The van der Waals surface area contributed by atoms with Crippen LogP contribution >= 0.6 is 35.6 Å². The molecule has 2 N–H and O–H groups in total. The van der Waals surface area contributed by atoms with Gasteiger partial charge in [0.1, 0.15) is 5.82 Å². The summed E-state index contributed by atoms with van der Waals surface area (Å²) < 4.78 is 18.6. The first-order valence-corrected chi connectivity index (χ1v) is 9.00. The number of benzene rings is 1. The molecule has 26 heavy (non-hydrogen) atoms. The fraction of sp³-hybridized carbons (Fsp3) is 0.611. The highest BCUT2D eigenvalue weighted by Crippen LogP contribution is 2.29. The van der Waals surface area contributed by atoms with Crippen LogP contribution in [0.15, 0.2) is 23.2 Å². The summed E-state index contributed by atoms with van der Waals surface area (Å²) in [4.78, 5) is 6.63. The van der Waals surface area contributed by atoms with Crippen molar-refractivity contribution >= 4 is 41.5 Å². The number of rotatable bonds is 6. The highest BCUT2D eigenvalue weighted by atomic mass is 127. The van der Waals surface area contributed by atoms with Gasteiger partial charge in [-0.3, -0.25) is 9.89 Å². The molecular formula is C18H29ClFIN4O. The van der Waals surface area contributed by atoms with E-state index in [4.69, 9.17) is 16.3 Å². The first-order valence-electron chi connectivity index (χ1n) is 8.62. The second-order valence-corrected chi connectivity index (χ2v) is 7.22. The predicted molar refractivity (Wildman–Crippen MR) is 116 cm³/mol. The molecule has 8 heteroatoms. The number of hydrogen-bond donors (Lipinski definition) is 2. The van der Waals surface area contributed by atoms with E-state index in [9.17, 15) is 4.39 Å². The zero-order valence-electron chi connectivity index (χ0n) is 15.6. The van der Waals surface area contributed by atoms with Gasteiger partial charge < -0.3 is 15.4 Å². The standard InChI is InChI=1S/C18H28ClFN4O.HI/c1-18(2,15-5-4-14(20)12-16(15)19)13-23-17(21-3)22-6-7-24-8-10-25-11-9-24;/h4-5,12H,6-11,13H2,1-3H3,(H2,21,22,23);1H. The zero-order chi connectivity index (χ0) is 18.3. The van der Waals surface area contributed by atoms with E-state index in [0.717, 1.165) is 50.9 Å². The second kappa shape index (κ2) is 11.3. The van der Waals surface area contributed by atoms with Crippen molar-refractivity contribution in [2.24, 2.45) is 4.99 Å². The van der Waals surface area contributed by atoms with E-state index in [2.05, 4.69) is 34.4 Å². The molecule has 148 valence electrons. The molecule has 0 atom stereocenters. The molecule has 0 radical (unpaired) electrons. The Bertz CT molecular complexity index is 595. The number of nitrogens with zero attached hydrogens (tertiary/aromatic N) is 2. The lowest BCUT2D eigenvalue weighted by Crippen LogP contribution is -2.46. The van der Waals surface area contributed by atoms with Crippen LogP contribution in [-0.2, 0) is 10.2 Å². The van der Waals surface area contributed by atoms with Crippen molar-refractivity contribution in [2.75, 3.05) is 53.0 Å². The third kappa shape index (κ3) is 7.17. The van der Waals surface area contributed by atoms with Crippen molar-refractivity contribution in [1.82, 2.24) is 15.5 Å². The summed E-state index contributed by atoms with van der Waals surface area (Å²) in [6.45, 7) is 10.1. The Morgan fingerprint density at radius 1 is 1.31 bits per heavy atom. The van der Waals surface area contributed by atoms with E-state index in [1.165, 1.54) is 12.1 Å². The van der Waals surface area contributed by atoms with E-state index in [-0.39, 0.29) is 35.2 Å². The van der Waals surface area contributed by atoms with E-state index >= 15 is 0 Å². The molecule has 0 unspecified atom stereocenters. The third-order valence-electron chi connectivity index (χ3n) is 4.41. The normalized spacial score (nSPS) is 16.1.